The number of nitrogens with zero attached hydrogens (tertiary/aromatic N) is 2. The van der Waals surface area contributed by atoms with Gasteiger partial charge in [0, 0.05) is 28.8 Å². The molecule has 0 bridgehead atoms. The summed E-state index contributed by atoms with van der Waals surface area (Å²) >= 11 is 6.26. The molecule has 0 aliphatic heterocycles. The number of nitro groups is 1. The fourth-order valence-corrected chi connectivity index (χ4v) is 2.93. The first-order chi connectivity index (χ1) is 11.8. The lowest BCUT2D eigenvalue weighted by molar-refractivity contribution is -0.385. The topological polar surface area (TPSA) is 75.5 Å². The van der Waals surface area contributed by atoms with Crippen LogP contribution in [0, 0.1) is 17.0 Å². The van der Waals surface area contributed by atoms with Gasteiger partial charge in [0.2, 0.25) is 0 Å². The van der Waals surface area contributed by atoms with Crippen molar-refractivity contribution < 1.29 is 9.72 Å². The summed E-state index contributed by atoms with van der Waals surface area (Å²) in [5.41, 5.74) is 1.49. The SMILES string of the molecule is Cc1c(C(=O)NCC(c2ccccc2Cl)N(C)C)cccc1[N+](=O)[O-]. The van der Waals surface area contributed by atoms with E-state index in [1.807, 2.05) is 37.2 Å². The number of hydrogen-bond donors (Lipinski definition) is 1. The highest BCUT2D eigenvalue weighted by Crippen LogP contribution is 2.26. The molecule has 7 heteroatoms. The Bertz CT molecular complexity index is 793. The highest BCUT2D eigenvalue weighted by atomic mass is 35.5. The summed E-state index contributed by atoms with van der Waals surface area (Å²) in [5, 5.41) is 14.5. The van der Waals surface area contributed by atoms with Crippen molar-refractivity contribution in [2.75, 3.05) is 20.6 Å². The molecule has 1 unspecified atom stereocenters. The fraction of sp³-hybridized carbons (Fsp3) is 0.278. The Morgan fingerprint density at radius 2 is 1.92 bits per heavy atom. The standard InChI is InChI=1S/C18H20ClN3O3/c1-12-13(8-6-10-16(12)22(24)25)18(23)20-11-17(21(2)3)14-7-4-5-9-15(14)19/h4-10,17H,11H2,1-3H3,(H,20,23). The van der Waals surface area contributed by atoms with Crippen molar-refractivity contribution in [2.24, 2.45) is 0 Å². The van der Waals surface area contributed by atoms with Crippen molar-refractivity contribution in [3.63, 3.8) is 0 Å². The van der Waals surface area contributed by atoms with Gasteiger partial charge in [-0.3, -0.25) is 14.9 Å². The number of nitrogens with one attached hydrogen (secondary N) is 1. The second-order valence-corrected chi connectivity index (χ2v) is 6.32. The molecule has 2 aromatic rings. The molecule has 0 aromatic heterocycles. The summed E-state index contributed by atoms with van der Waals surface area (Å²) in [7, 11) is 3.80. The fourth-order valence-electron chi connectivity index (χ4n) is 2.67. The first kappa shape index (κ1) is 18.9. The van der Waals surface area contributed by atoms with E-state index in [1.165, 1.54) is 12.1 Å². The van der Waals surface area contributed by atoms with Gasteiger partial charge in [0.15, 0.2) is 0 Å². The van der Waals surface area contributed by atoms with Gasteiger partial charge < -0.3 is 10.2 Å². The Balaban J connectivity index is 2.19. The number of benzene rings is 2. The molecule has 25 heavy (non-hydrogen) atoms. The lowest BCUT2D eigenvalue weighted by Crippen LogP contribution is -2.35. The first-order valence-electron chi connectivity index (χ1n) is 7.76. The van der Waals surface area contributed by atoms with Gasteiger partial charge in [-0.2, -0.15) is 0 Å². The number of rotatable bonds is 6. The van der Waals surface area contributed by atoms with Gasteiger partial charge in [-0.25, -0.2) is 0 Å². The molecule has 2 aromatic carbocycles. The molecule has 1 amide bonds. The van der Waals surface area contributed by atoms with Crippen molar-refractivity contribution in [3.05, 3.63) is 74.3 Å². The quantitative estimate of drug-likeness (QED) is 0.630. The molecule has 1 atom stereocenters. The van der Waals surface area contributed by atoms with E-state index in [0.717, 1.165) is 5.56 Å². The van der Waals surface area contributed by atoms with E-state index in [0.29, 0.717) is 22.7 Å². The van der Waals surface area contributed by atoms with Crippen LogP contribution in [0.3, 0.4) is 0 Å². The molecule has 1 N–H and O–H groups in total. The van der Waals surface area contributed by atoms with Gasteiger partial charge in [0.05, 0.1) is 11.0 Å². The Kier molecular flexibility index (Phi) is 6.12. The van der Waals surface area contributed by atoms with Crippen molar-refractivity contribution >= 4 is 23.2 Å². The smallest absolute Gasteiger partial charge is 0.273 e. The zero-order valence-corrected chi connectivity index (χ0v) is 15.1. The van der Waals surface area contributed by atoms with Crippen molar-refractivity contribution in [3.8, 4) is 0 Å². The van der Waals surface area contributed by atoms with Crippen LogP contribution in [0.5, 0.6) is 0 Å². The van der Waals surface area contributed by atoms with Gasteiger partial charge in [-0.15, -0.1) is 0 Å². The molecule has 0 heterocycles. The lowest BCUT2D eigenvalue weighted by atomic mass is 10.0. The van der Waals surface area contributed by atoms with Crippen molar-refractivity contribution in [2.45, 2.75) is 13.0 Å². The number of carbonyl (C=O) groups excluding carboxylic acids is 1. The third-order valence-corrected chi connectivity index (χ3v) is 4.43. The second kappa shape index (κ2) is 8.09. The average molecular weight is 362 g/mol. The molecule has 132 valence electrons. The zero-order chi connectivity index (χ0) is 18.6. The van der Waals surface area contributed by atoms with E-state index in [4.69, 9.17) is 11.6 Å². The summed E-state index contributed by atoms with van der Waals surface area (Å²) in [6.07, 6.45) is 0. The summed E-state index contributed by atoms with van der Waals surface area (Å²) in [6.45, 7) is 1.90. The molecular weight excluding hydrogens is 342 g/mol. The highest BCUT2D eigenvalue weighted by Gasteiger charge is 2.21. The van der Waals surface area contributed by atoms with Gasteiger partial charge in [0.25, 0.3) is 11.6 Å². The van der Waals surface area contributed by atoms with Crippen LogP contribution in [0.25, 0.3) is 0 Å². The van der Waals surface area contributed by atoms with Crippen LogP contribution in [0.1, 0.15) is 27.5 Å². The monoisotopic (exact) mass is 361 g/mol. The molecular formula is C18H20ClN3O3. The molecule has 0 fully saturated rings. The Labute approximate surface area is 151 Å². The minimum Gasteiger partial charge on any atom is -0.350 e. The number of likely N-dealkylation sites (N-methyl/N-ethyl adjacent to an activating group) is 1. The van der Waals surface area contributed by atoms with E-state index >= 15 is 0 Å². The maximum Gasteiger partial charge on any atom is 0.273 e. The largest absolute Gasteiger partial charge is 0.350 e. The van der Waals surface area contributed by atoms with Gasteiger partial charge in [-0.1, -0.05) is 35.9 Å². The van der Waals surface area contributed by atoms with Crippen LogP contribution in [0.4, 0.5) is 5.69 Å². The zero-order valence-electron chi connectivity index (χ0n) is 14.3. The number of hydrogen-bond acceptors (Lipinski definition) is 4. The minimum atomic E-state index is -0.488. The summed E-state index contributed by atoms with van der Waals surface area (Å²) in [6, 6.07) is 11.8. The highest BCUT2D eigenvalue weighted by molar-refractivity contribution is 6.31. The lowest BCUT2D eigenvalue weighted by Gasteiger charge is -2.26. The molecule has 2 rings (SSSR count). The van der Waals surface area contributed by atoms with E-state index in [1.54, 1.807) is 19.1 Å². The molecule has 0 aliphatic rings. The van der Waals surface area contributed by atoms with Crippen LogP contribution < -0.4 is 5.32 Å². The molecule has 0 saturated carbocycles. The number of nitro benzene ring substituents is 1. The number of carbonyl (C=O) groups is 1. The third-order valence-electron chi connectivity index (χ3n) is 4.09. The van der Waals surface area contributed by atoms with Crippen LogP contribution in [0.2, 0.25) is 5.02 Å². The number of halogens is 1. The van der Waals surface area contributed by atoms with E-state index < -0.39 is 4.92 Å². The molecule has 0 radical (unpaired) electrons. The second-order valence-electron chi connectivity index (χ2n) is 5.92. The molecule has 6 nitrogen and oxygen atoms in total. The van der Waals surface area contributed by atoms with Crippen LogP contribution in [-0.2, 0) is 0 Å². The van der Waals surface area contributed by atoms with E-state index in [9.17, 15) is 14.9 Å². The van der Waals surface area contributed by atoms with E-state index in [-0.39, 0.29) is 17.6 Å². The summed E-state index contributed by atoms with van der Waals surface area (Å²) in [4.78, 5) is 25.0. The van der Waals surface area contributed by atoms with Gasteiger partial charge in [-0.05, 0) is 38.7 Å². The first-order valence-corrected chi connectivity index (χ1v) is 8.13. The summed E-state index contributed by atoms with van der Waals surface area (Å²) < 4.78 is 0. The van der Waals surface area contributed by atoms with Crippen molar-refractivity contribution in [1.82, 2.24) is 10.2 Å². The maximum atomic E-state index is 12.5. The van der Waals surface area contributed by atoms with Gasteiger partial charge >= 0.3 is 0 Å². The summed E-state index contributed by atoms with van der Waals surface area (Å²) in [5.74, 6) is -0.347. The average Bonchev–Trinajstić information content (AvgIpc) is 2.56. The third kappa shape index (κ3) is 4.35. The van der Waals surface area contributed by atoms with Gasteiger partial charge in [0.1, 0.15) is 0 Å². The minimum absolute atomic E-state index is 0.0667. The van der Waals surface area contributed by atoms with Crippen molar-refractivity contribution in [1.29, 1.82) is 0 Å². The maximum absolute atomic E-state index is 12.5. The van der Waals surface area contributed by atoms with Crippen LogP contribution in [-0.4, -0.2) is 36.4 Å². The Morgan fingerprint density at radius 3 is 2.52 bits per heavy atom. The predicted molar refractivity (Wildman–Crippen MR) is 98.0 cm³/mol. The normalized spacial score (nSPS) is 12.0. The van der Waals surface area contributed by atoms with Crippen LogP contribution >= 0.6 is 11.6 Å². The molecule has 0 saturated heterocycles. The molecule has 0 spiro atoms. The number of amides is 1. The predicted octanol–water partition coefficient (Wildman–Crippen LogP) is 3.59. The van der Waals surface area contributed by atoms with Crippen LogP contribution in [0.15, 0.2) is 42.5 Å². The Hall–Kier alpha value is -2.44. The Morgan fingerprint density at radius 1 is 1.24 bits per heavy atom. The molecule has 0 aliphatic carbocycles. The van der Waals surface area contributed by atoms with E-state index in [2.05, 4.69) is 5.32 Å².